The Bertz CT molecular complexity index is 726. The fourth-order valence-electron chi connectivity index (χ4n) is 2.36. The van der Waals surface area contributed by atoms with Crippen LogP contribution >= 0.6 is 0 Å². The molecule has 2 rings (SSSR count). The molecule has 0 spiro atoms. The SMILES string of the molecule is CC1(CN)CCN(S(=O)(=O)c2ccc(S(C)(=O)=O)cc2)C1. The summed E-state index contributed by atoms with van der Waals surface area (Å²) in [6.07, 6.45) is 1.81. The molecule has 118 valence electrons. The lowest BCUT2D eigenvalue weighted by Gasteiger charge is -2.22. The summed E-state index contributed by atoms with van der Waals surface area (Å²) in [5.41, 5.74) is 5.50. The van der Waals surface area contributed by atoms with Crippen molar-refractivity contribution in [1.82, 2.24) is 4.31 Å². The Balaban J connectivity index is 2.29. The highest BCUT2D eigenvalue weighted by molar-refractivity contribution is 7.90. The summed E-state index contributed by atoms with van der Waals surface area (Å²) in [6, 6.07) is 5.31. The highest BCUT2D eigenvalue weighted by atomic mass is 32.2. The maximum Gasteiger partial charge on any atom is 0.243 e. The van der Waals surface area contributed by atoms with Crippen LogP contribution in [0, 0.1) is 5.41 Å². The van der Waals surface area contributed by atoms with Gasteiger partial charge in [-0.05, 0) is 42.6 Å². The first kappa shape index (κ1) is 16.4. The van der Waals surface area contributed by atoms with Crippen LogP contribution in [0.25, 0.3) is 0 Å². The second kappa shape index (κ2) is 5.35. The second-order valence-corrected chi connectivity index (χ2v) is 9.80. The van der Waals surface area contributed by atoms with Crippen molar-refractivity contribution in [3.05, 3.63) is 24.3 Å². The van der Waals surface area contributed by atoms with E-state index in [0.29, 0.717) is 19.6 Å². The number of nitrogens with two attached hydrogens (primary N) is 1. The van der Waals surface area contributed by atoms with E-state index in [9.17, 15) is 16.8 Å². The Hall–Kier alpha value is -0.960. The minimum atomic E-state index is -3.60. The van der Waals surface area contributed by atoms with Crippen LogP contribution in [-0.4, -0.2) is 47.0 Å². The second-order valence-electron chi connectivity index (χ2n) is 5.85. The Morgan fingerprint density at radius 1 is 1.14 bits per heavy atom. The monoisotopic (exact) mass is 332 g/mol. The minimum Gasteiger partial charge on any atom is -0.330 e. The first-order valence-electron chi connectivity index (χ1n) is 6.59. The van der Waals surface area contributed by atoms with Crippen LogP contribution in [-0.2, 0) is 19.9 Å². The van der Waals surface area contributed by atoms with Crippen molar-refractivity contribution in [1.29, 1.82) is 0 Å². The van der Waals surface area contributed by atoms with Gasteiger partial charge in [-0.25, -0.2) is 16.8 Å². The lowest BCUT2D eigenvalue weighted by atomic mass is 9.90. The Morgan fingerprint density at radius 3 is 2.10 bits per heavy atom. The van der Waals surface area contributed by atoms with Gasteiger partial charge in [-0.15, -0.1) is 0 Å². The van der Waals surface area contributed by atoms with Crippen molar-refractivity contribution in [2.75, 3.05) is 25.9 Å². The van der Waals surface area contributed by atoms with Crippen LogP contribution in [0.1, 0.15) is 13.3 Å². The van der Waals surface area contributed by atoms with E-state index in [1.54, 1.807) is 0 Å². The summed E-state index contributed by atoms with van der Waals surface area (Å²) < 4.78 is 49.3. The number of hydrogen-bond acceptors (Lipinski definition) is 5. The van der Waals surface area contributed by atoms with Gasteiger partial charge >= 0.3 is 0 Å². The molecule has 0 bridgehead atoms. The molecule has 0 aliphatic carbocycles. The van der Waals surface area contributed by atoms with E-state index in [-0.39, 0.29) is 15.2 Å². The molecule has 1 fully saturated rings. The molecule has 1 heterocycles. The molecule has 1 aromatic rings. The lowest BCUT2D eigenvalue weighted by Crippen LogP contribution is -2.34. The van der Waals surface area contributed by atoms with Gasteiger partial charge in [-0.2, -0.15) is 4.31 Å². The van der Waals surface area contributed by atoms with E-state index in [4.69, 9.17) is 5.73 Å². The van der Waals surface area contributed by atoms with Gasteiger partial charge < -0.3 is 5.73 Å². The molecular formula is C13H20N2O4S2. The van der Waals surface area contributed by atoms with E-state index >= 15 is 0 Å². The van der Waals surface area contributed by atoms with E-state index < -0.39 is 19.9 Å². The predicted molar refractivity (Wildman–Crippen MR) is 80.1 cm³/mol. The first-order chi connectivity index (χ1) is 9.58. The van der Waals surface area contributed by atoms with Crippen molar-refractivity contribution in [3.8, 4) is 0 Å². The fraction of sp³-hybridized carbons (Fsp3) is 0.538. The normalized spacial score (nSPS) is 24.3. The number of sulfone groups is 1. The summed E-state index contributed by atoms with van der Waals surface area (Å²) >= 11 is 0. The number of rotatable bonds is 4. The highest BCUT2D eigenvalue weighted by Crippen LogP contribution is 2.32. The van der Waals surface area contributed by atoms with Crippen molar-refractivity contribution >= 4 is 19.9 Å². The van der Waals surface area contributed by atoms with Crippen LogP contribution in [0.3, 0.4) is 0 Å². The van der Waals surface area contributed by atoms with Crippen molar-refractivity contribution in [3.63, 3.8) is 0 Å². The van der Waals surface area contributed by atoms with Gasteiger partial charge in [0.1, 0.15) is 0 Å². The zero-order chi connectivity index (χ0) is 15.9. The van der Waals surface area contributed by atoms with Crippen LogP contribution in [0.15, 0.2) is 34.1 Å². The van der Waals surface area contributed by atoms with Crippen LogP contribution in [0.2, 0.25) is 0 Å². The van der Waals surface area contributed by atoms with Gasteiger partial charge in [0, 0.05) is 19.3 Å². The predicted octanol–water partition coefficient (Wildman–Crippen LogP) is 0.450. The molecule has 0 radical (unpaired) electrons. The van der Waals surface area contributed by atoms with Gasteiger partial charge in [0.2, 0.25) is 10.0 Å². The molecule has 0 aromatic heterocycles. The summed E-state index contributed by atoms with van der Waals surface area (Å²) in [5, 5.41) is 0. The minimum absolute atomic E-state index is 0.106. The standard InChI is InChI=1S/C13H20N2O4S2/c1-13(9-14)7-8-15(10-13)21(18,19)12-5-3-11(4-6-12)20(2,16)17/h3-6H,7-10,14H2,1-2H3. The van der Waals surface area contributed by atoms with Crippen LogP contribution in [0.4, 0.5) is 0 Å². The third-order valence-electron chi connectivity index (χ3n) is 3.91. The summed E-state index contributed by atoms with van der Waals surface area (Å²) in [4.78, 5) is 0.214. The number of benzene rings is 1. The number of sulfonamides is 1. The third-order valence-corrected chi connectivity index (χ3v) is 6.89. The Labute approximate surface area is 125 Å². The largest absolute Gasteiger partial charge is 0.330 e. The molecule has 21 heavy (non-hydrogen) atoms. The van der Waals surface area contributed by atoms with Crippen LogP contribution in [0.5, 0.6) is 0 Å². The van der Waals surface area contributed by atoms with Gasteiger partial charge in [-0.3, -0.25) is 0 Å². The molecule has 6 nitrogen and oxygen atoms in total. The first-order valence-corrected chi connectivity index (χ1v) is 9.92. The highest BCUT2D eigenvalue weighted by Gasteiger charge is 2.38. The average molecular weight is 332 g/mol. The van der Waals surface area contributed by atoms with E-state index in [2.05, 4.69) is 0 Å². The maximum atomic E-state index is 12.5. The van der Waals surface area contributed by atoms with Gasteiger partial charge in [0.15, 0.2) is 9.84 Å². The molecular weight excluding hydrogens is 312 g/mol. The molecule has 8 heteroatoms. The Kier molecular flexibility index (Phi) is 4.18. The van der Waals surface area contributed by atoms with Crippen molar-refractivity contribution in [2.24, 2.45) is 11.1 Å². The molecule has 1 aliphatic rings. The molecule has 0 amide bonds. The number of hydrogen-bond donors (Lipinski definition) is 1. The lowest BCUT2D eigenvalue weighted by molar-refractivity contribution is 0.349. The maximum absolute atomic E-state index is 12.5. The quantitative estimate of drug-likeness (QED) is 0.863. The summed E-state index contributed by atoms with van der Waals surface area (Å²) in [6.45, 7) is 3.23. The van der Waals surface area contributed by atoms with Gasteiger partial charge in [0.25, 0.3) is 0 Å². The summed E-state index contributed by atoms with van der Waals surface area (Å²) in [7, 11) is -6.93. The third kappa shape index (κ3) is 3.28. The molecule has 1 aromatic carbocycles. The Morgan fingerprint density at radius 2 is 1.67 bits per heavy atom. The number of nitrogens with zero attached hydrogens (tertiary/aromatic N) is 1. The van der Waals surface area contributed by atoms with Crippen molar-refractivity contribution in [2.45, 2.75) is 23.1 Å². The van der Waals surface area contributed by atoms with Gasteiger partial charge in [-0.1, -0.05) is 6.92 Å². The topological polar surface area (TPSA) is 97.5 Å². The molecule has 0 saturated carbocycles. The molecule has 1 unspecified atom stereocenters. The average Bonchev–Trinajstić information content (AvgIpc) is 2.82. The zero-order valence-electron chi connectivity index (χ0n) is 12.1. The zero-order valence-corrected chi connectivity index (χ0v) is 13.7. The molecule has 1 saturated heterocycles. The smallest absolute Gasteiger partial charge is 0.243 e. The molecule has 1 atom stereocenters. The van der Waals surface area contributed by atoms with E-state index in [0.717, 1.165) is 12.7 Å². The van der Waals surface area contributed by atoms with Crippen molar-refractivity contribution < 1.29 is 16.8 Å². The summed E-state index contributed by atoms with van der Waals surface area (Å²) in [5.74, 6) is 0. The molecule has 2 N–H and O–H groups in total. The van der Waals surface area contributed by atoms with Crippen LogP contribution < -0.4 is 5.73 Å². The van der Waals surface area contributed by atoms with E-state index in [1.807, 2.05) is 6.92 Å². The van der Waals surface area contributed by atoms with E-state index in [1.165, 1.54) is 28.6 Å². The van der Waals surface area contributed by atoms with Gasteiger partial charge in [0.05, 0.1) is 9.79 Å². The fourth-order valence-corrected chi connectivity index (χ4v) is 4.58. The molecule has 1 aliphatic heterocycles.